The van der Waals surface area contributed by atoms with Crippen molar-refractivity contribution in [3.05, 3.63) is 81.8 Å². The lowest BCUT2D eigenvalue weighted by atomic mass is 10.1. The lowest BCUT2D eigenvalue weighted by molar-refractivity contribution is -0.136. The van der Waals surface area contributed by atoms with Crippen molar-refractivity contribution in [2.24, 2.45) is 0 Å². The SMILES string of the molecule is CC.O=C(NC1CCOC1)c1cc(=O)[nH][nH]1.O=CNCc1ccc(Nc2ccccc2C(F)(F)F)cc1. The summed E-state index contributed by atoms with van der Waals surface area (Å²) < 4.78 is 43.7. The number of carbonyl (C=O) groups excluding carboxylic acids is 2. The Bertz CT molecular complexity index is 1170. The predicted octanol–water partition coefficient (Wildman–Crippen LogP) is 3.94. The molecule has 37 heavy (non-hydrogen) atoms. The number of rotatable bonds is 7. The number of aromatic amines is 2. The van der Waals surface area contributed by atoms with Gasteiger partial charge in [-0.2, -0.15) is 13.2 Å². The summed E-state index contributed by atoms with van der Waals surface area (Å²) in [5.41, 5.74) is 0.637. The van der Waals surface area contributed by atoms with Gasteiger partial charge >= 0.3 is 6.18 Å². The second-order valence-electron chi connectivity index (χ2n) is 7.57. The van der Waals surface area contributed by atoms with Crippen molar-refractivity contribution in [3.63, 3.8) is 0 Å². The van der Waals surface area contributed by atoms with E-state index in [2.05, 4.69) is 26.1 Å². The van der Waals surface area contributed by atoms with Crippen molar-refractivity contribution in [3.8, 4) is 0 Å². The first kappa shape index (κ1) is 29.2. The Balaban J connectivity index is 0.000000260. The van der Waals surface area contributed by atoms with E-state index in [-0.39, 0.29) is 28.9 Å². The van der Waals surface area contributed by atoms with Crippen LogP contribution >= 0.6 is 0 Å². The standard InChI is InChI=1S/C15H13F3N2O.C8H11N3O3.C2H6/c16-15(17,18)13-3-1-2-4-14(13)20-12-7-5-11(6-8-12)9-19-10-21;12-7-3-6(10-11-7)8(13)9-5-1-2-14-4-5;1-2/h1-8,10,20H,9H2,(H,19,21);3,5H,1-2,4H2,(H,9,13)(H2,10,11,12);1-2H3. The van der Waals surface area contributed by atoms with Gasteiger partial charge in [0.05, 0.1) is 23.9 Å². The van der Waals surface area contributed by atoms with Gasteiger partial charge in [-0.3, -0.25) is 24.6 Å². The van der Waals surface area contributed by atoms with E-state index in [1.165, 1.54) is 18.2 Å². The average Bonchev–Trinajstić information content (AvgIpc) is 3.57. The minimum absolute atomic E-state index is 0.00349. The van der Waals surface area contributed by atoms with Crippen molar-refractivity contribution in [2.45, 2.75) is 39.0 Å². The van der Waals surface area contributed by atoms with E-state index in [9.17, 15) is 27.6 Å². The summed E-state index contributed by atoms with van der Waals surface area (Å²) in [6.45, 7) is 5.60. The van der Waals surface area contributed by atoms with Crippen molar-refractivity contribution >= 4 is 23.7 Å². The molecule has 0 radical (unpaired) electrons. The Hall–Kier alpha value is -4.06. The molecule has 2 heterocycles. The van der Waals surface area contributed by atoms with E-state index >= 15 is 0 Å². The highest BCUT2D eigenvalue weighted by molar-refractivity contribution is 5.92. The number of aromatic nitrogens is 2. The number of hydrogen-bond acceptors (Lipinski definition) is 5. The molecule has 1 fully saturated rings. The third-order valence-corrected chi connectivity index (χ3v) is 4.96. The van der Waals surface area contributed by atoms with E-state index in [4.69, 9.17) is 4.74 Å². The number of benzene rings is 2. The van der Waals surface area contributed by atoms with Gasteiger partial charge in [-0.1, -0.05) is 38.1 Å². The van der Waals surface area contributed by atoms with Gasteiger partial charge in [0.1, 0.15) is 5.69 Å². The highest BCUT2D eigenvalue weighted by atomic mass is 19.4. The van der Waals surface area contributed by atoms with Crippen molar-refractivity contribution < 1.29 is 27.5 Å². The summed E-state index contributed by atoms with van der Waals surface area (Å²) in [5, 5.41) is 12.8. The highest BCUT2D eigenvalue weighted by Crippen LogP contribution is 2.35. The maximum absolute atomic E-state index is 12.9. The van der Waals surface area contributed by atoms with Crippen LogP contribution in [0.25, 0.3) is 0 Å². The van der Waals surface area contributed by atoms with Crippen molar-refractivity contribution in [1.82, 2.24) is 20.8 Å². The number of ether oxygens (including phenoxy) is 1. The molecule has 0 aliphatic carbocycles. The molecule has 3 aromatic rings. The lowest BCUT2D eigenvalue weighted by Gasteiger charge is -2.14. The number of para-hydroxylation sites is 1. The number of nitrogens with one attached hydrogen (secondary N) is 5. The molecule has 1 atom stereocenters. The Kier molecular flexibility index (Phi) is 11.4. The monoisotopic (exact) mass is 521 g/mol. The summed E-state index contributed by atoms with van der Waals surface area (Å²) in [6.07, 6.45) is -3.00. The molecular formula is C25H30F3N5O4. The number of alkyl halides is 3. The second kappa shape index (κ2) is 14.5. The average molecular weight is 522 g/mol. The van der Waals surface area contributed by atoms with Crippen LogP contribution in [0, 0.1) is 0 Å². The Labute approximate surface area is 211 Å². The van der Waals surface area contributed by atoms with E-state index < -0.39 is 11.7 Å². The topological polar surface area (TPSA) is 128 Å². The molecule has 0 saturated carbocycles. The van der Waals surface area contributed by atoms with Crippen LogP contribution < -0.4 is 21.5 Å². The molecule has 1 aliphatic rings. The first-order chi connectivity index (χ1) is 17.8. The molecule has 1 aliphatic heterocycles. The smallest absolute Gasteiger partial charge is 0.379 e. The van der Waals surface area contributed by atoms with Crippen LogP contribution in [0.1, 0.15) is 41.9 Å². The van der Waals surface area contributed by atoms with Gasteiger partial charge in [0.2, 0.25) is 6.41 Å². The molecule has 1 unspecified atom stereocenters. The number of amides is 2. The zero-order chi connectivity index (χ0) is 27.3. The molecule has 0 bridgehead atoms. The van der Waals surface area contributed by atoms with Crippen LogP contribution in [-0.4, -0.2) is 41.8 Å². The van der Waals surface area contributed by atoms with Crippen LogP contribution in [0.2, 0.25) is 0 Å². The maximum Gasteiger partial charge on any atom is 0.418 e. The number of halogens is 3. The van der Waals surface area contributed by atoms with E-state index in [0.717, 1.165) is 18.1 Å². The van der Waals surface area contributed by atoms with Crippen molar-refractivity contribution in [1.29, 1.82) is 0 Å². The Morgan fingerprint density at radius 3 is 2.38 bits per heavy atom. The van der Waals surface area contributed by atoms with Crippen LogP contribution in [0.3, 0.4) is 0 Å². The summed E-state index contributed by atoms with van der Waals surface area (Å²) in [6, 6.07) is 13.4. The third-order valence-electron chi connectivity index (χ3n) is 4.96. The van der Waals surface area contributed by atoms with Crippen LogP contribution in [0.15, 0.2) is 59.4 Å². The molecule has 1 saturated heterocycles. The molecule has 0 spiro atoms. The van der Waals surface area contributed by atoms with E-state index in [1.807, 2.05) is 13.8 Å². The Morgan fingerprint density at radius 1 is 1.11 bits per heavy atom. The van der Waals surface area contributed by atoms with Crippen LogP contribution in [0.4, 0.5) is 24.5 Å². The summed E-state index contributed by atoms with van der Waals surface area (Å²) >= 11 is 0. The van der Waals surface area contributed by atoms with Gasteiger partial charge in [0, 0.05) is 24.9 Å². The zero-order valence-corrected chi connectivity index (χ0v) is 20.4. The quantitative estimate of drug-likeness (QED) is 0.301. The summed E-state index contributed by atoms with van der Waals surface area (Å²) in [5.74, 6) is -0.279. The first-order valence-corrected chi connectivity index (χ1v) is 11.6. The van der Waals surface area contributed by atoms with Gasteiger partial charge in [-0.15, -0.1) is 0 Å². The van der Waals surface area contributed by atoms with Crippen molar-refractivity contribution in [2.75, 3.05) is 18.5 Å². The number of H-pyrrole nitrogens is 2. The molecule has 4 rings (SSSR count). The molecule has 200 valence electrons. The fraction of sp³-hybridized carbons (Fsp3) is 0.320. The normalized spacial score (nSPS) is 14.4. The number of anilines is 2. The fourth-order valence-electron chi connectivity index (χ4n) is 3.23. The maximum atomic E-state index is 12.9. The van der Waals surface area contributed by atoms with Gasteiger partial charge in [-0.05, 0) is 36.2 Å². The minimum Gasteiger partial charge on any atom is -0.379 e. The van der Waals surface area contributed by atoms with Gasteiger partial charge in [-0.25, -0.2) is 0 Å². The molecule has 9 nitrogen and oxygen atoms in total. The molecule has 1 aromatic heterocycles. The number of hydrogen-bond donors (Lipinski definition) is 5. The third kappa shape index (κ3) is 9.49. The van der Waals surface area contributed by atoms with E-state index in [0.29, 0.717) is 31.9 Å². The minimum atomic E-state index is -4.41. The second-order valence-corrected chi connectivity index (χ2v) is 7.57. The van der Waals surface area contributed by atoms with E-state index in [1.54, 1.807) is 30.3 Å². The van der Waals surface area contributed by atoms with Crippen LogP contribution in [-0.2, 0) is 22.3 Å². The summed E-state index contributed by atoms with van der Waals surface area (Å²) in [7, 11) is 0. The van der Waals surface area contributed by atoms with Gasteiger partial charge in [0.15, 0.2) is 0 Å². The zero-order valence-electron chi connectivity index (χ0n) is 20.4. The molecule has 12 heteroatoms. The van der Waals surface area contributed by atoms with Crippen LogP contribution in [0.5, 0.6) is 0 Å². The summed E-state index contributed by atoms with van der Waals surface area (Å²) in [4.78, 5) is 32.4. The molecule has 5 N–H and O–H groups in total. The fourth-order valence-corrected chi connectivity index (χ4v) is 3.23. The lowest BCUT2D eigenvalue weighted by Crippen LogP contribution is -2.35. The first-order valence-electron chi connectivity index (χ1n) is 11.6. The molecule has 2 aromatic carbocycles. The highest BCUT2D eigenvalue weighted by Gasteiger charge is 2.33. The largest absolute Gasteiger partial charge is 0.418 e. The number of carbonyl (C=O) groups is 2. The van der Waals surface area contributed by atoms with Gasteiger partial charge < -0.3 is 20.7 Å². The molecular weight excluding hydrogens is 491 g/mol. The van der Waals surface area contributed by atoms with Gasteiger partial charge in [0.25, 0.3) is 11.5 Å². The Morgan fingerprint density at radius 2 is 1.81 bits per heavy atom. The molecule has 2 amide bonds. The predicted molar refractivity (Wildman–Crippen MR) is 134 cm³/mol.